The van der Waals surface area contributed by atoms with Gasteiger partial charge in [0, 0.05) is 11.5 Å². The Morgan fingerprint density at radius 3 is 2.93 bits per heavy atom. The predicted octanol–water partition coefficient (Wildman–Crippen LogP) is 1.68. The molecule has 0 atom stereocenters. The summed E-state index contributed by atoms with van der Waals surface area (Å²) in [6.07, 6.45) is 0. The fourth-order valence-electron chi connectivity index (χ4n) is 0.911. The zero-order chi connectivity index (χ0) is 10.6. The van der Waals surface area contributed by atoms with Crippen LogP contribution in [0.5, 0.6) is 0 Å². The molecular weight excluding hydrogens is 244 g/mol. The molecule has 5 heteroatoms. The van der Waals surface area contributed by atoms with Gasteiger partial charge in [0.1, 0.15) is 6.07 Å². The van der Waals surface area contributed by atoms with E-state index in [4.69, 9.17) is 11.0 Å². The minimum atomic E-state index is 0.277. The Hall–Kier alpha value is -1.54. The van der Waals surface area contributed by atoms with E-state index >= 15 is 0 Å². The number of hydrogen-bond acceptors (Lipinski definition) is 2. The van der Waals surface area contributed by atoms with E-state index in [9.17, 15) is 0 Å². The van der Waals surface area contributed by atoms with Crippen LogP contribution in [0.1, 0.15) is 5.56 Å². The zero-order valence-electron chi connectivity index (χ0n) is 7.58. The first-order valence-corrected chi connectivity index (χ1v) is 4.65. The molecule has 0 aromatic heterocycles. The third kappa shape index (κ3) is 2.47. The first-order chi connectivity index (χ1) is 6.67. The first kappa shape index (κ1) is 10.5. The molecule has 0 fully saturated rings. The van der Waals surface area contributed by atoms with Crippen LogP contribution in [0.3, 0.4) is 0 Å². The van der Waals surface area contributed by atoms with Gasteiger partial charge in [0.25, 0.3) is 0 Å². The van der Waals surface area contributed by atoms with Crippen LogP contribution < -0.4 is 11.1 Å². The van der Waals surface area contributed by atoms with Gasteiger partial charge in [-0.25, -0.2) is 0 Å². The second kappa shape index (κ2) is 4.63. The van der Waals surface area contributed by atoms with Crippen LogP contribution in [0.4, 0.5) is 5.69 Å². The van der Waals surface area contributed by atoms with Gasteiger partial charge in [-0.2, -0.15) is 5.26 Å². The number of nitrogens with one attached hydrogen (secondary N) is 1. The lowest BCUT2D eigenvalue weighted by atomic mass is 10.2. The molecule has 0 aliphatic heterocycles. The Morgan fingerprint density at radius 2 is 2.36 bits per heavy atom. The molecule has 1 aromatic carbocycles. The average Bonchev–Trinajstić information content (AvgIpc) is 2.18. The molecule has 0 unspecified atom stereocenters. The van der Waals surface area contributed by atoms with Crippen molar-refractivity contribution in [3.8, 4) is 6.07 Å². The van der Waals surface area contributed by atoms with E-state index in [-0.39, 0.29) is 5.96 Å². The number of nitriles is 1. The number of nitrogens with two attached hydrogens (primary N) is 1. The molecule has 0 aliphatic rings. The molecule has 1 aromatic rings. The minimum absolute atomic E-state index is 0.277. The highest BCUT2D eigenvalue weighted by Crippen LogP contribution is 2.20. The van der Waals surface area contributed by atoms with Gasteiger partial charge in [0.15, 0.2) is 5.96 Å². The quantitative estimate of drug-likeness (QED) is 0.590. The molecule has 3 N–H and O–H groups in total. The summed E-state index contributed by atoms with van der Waals surface area (Å²) >= 11 is 3.31. The Labute approximate surface area is 90.6 Å². The maximum absolute atomic E-state index is 8.81. The largest absolute Gasteiger partial charge is 0.370 e. The fourth-order valence-corrected chi connectivity index (χ4v) is 1.27. The Morgan fingerprint density at radius 1 is 1.64 bits per heavy atom. The highest BCUT2D eigenvalue weighted by Gasteiger charge is 2.02. The van der Waals surface area contributed by atoms with Gasteiger partial charge in [-0.15, -0.1) is 0 Å². The smallest absolute Gasteiger partial charge is 0.192 e. The summed E-state index contributed by atoms with van der Waals surface area (Å²) < 4.78 is 0.878. The predicted molar refractivity (Wildman–Crippen MR) is 60.0 cm³/mol. The van der Waals surface area contributed by atoms with E-state index in [0.717, 1.165) is 4.47 Å². The van der Waals surface area contributed by atoms with Crippen molar-refractivity contribution >= 4 is 27.6 Å². The number of guanidine groups is 1. The fraction of sp³-hybridized carbons (Fsp3) is 0.111. The van der Waals surface area contributed by atoms with Gasteiger partial charge in [0.2, 0.25) is 0 Å². The normalized spacial score (nSPS) is 10.8. The van der Waals surface area contributed by atoms with Crippen LogP contribution in [0.25, 0.3) is 0 Å². The van der Waals surface area contributed by atoms with E-state index in [0.29, 0.717) is 11.3 Å². The van der Waals surface area contributed by atoms with Crippen LogP contribution in [-0.2, 0) is 0 Å². The minimum Gasteiger partial charge on any atom is -0.370 e. The standard InChI is InChI=1S/C9H9BrN4/c1-13-9(12)14-8-4-7(10)3-2-6(8)5-11/h2-4H,1H3,(H3,12,13,14). The molecule has 0 radical (unpaired) electrons. The summed E-state index contributed by atoms with van der Waals surface area (Å²) in [5, 5.41) is 11.6. The molecule has 0 bridgehead atoms. The monoisotopic (exact) mass is 252 g/mol. The third-order valence-corrected chi connectivity index (χ3v) is 2.10. The summed E-state index contributed by atoms with van der Waals surface area (Å²) in [7, 11) is 1.58. The van der Waals surface area contributed by atoms with Crippen molar-refractivity contribution in [2.24, 2.45) is 10.7 Å². The van der Waals surface area contributed by atoms with E-state index in [1.165, 1.54) is 0 Å². The number of anilines is 1. The molecule has 0 saturated heterocycles. The van der Waals surface area contributed by atoms with E-state index < -0.39 is 0 Å². The Kier molecular flexibility index (Phi) is 3.48. The number of aliphatic imine (C=N–C) groups is 1. The summed E-state index contributed by atoms with van der Waals surface area (Å²) in [5.74, 6) is 0.277. The Bertz CT molecular complexity index is 406. The Balaban J connectivity index is 3.07. The average molecular weight is 253 g/mol. The lowest BCUT2D eigenvalue weighted by Crippen LogP contribution is -2.22. The van der Waals surface area contributed by atoms with Crippen molar-refractivity contribution in [1.29, 1.82) is 5.26 Å². The van der Waals surface area contributed by atoms with Crippen LogP contribution in [0.2, 0.25) is 0 Å². The summed E-state index contributed by atoms with van der Waals surface area (Å²) in [6.45, 7) is 0. The van der Waals surface area contributed by atoms with Crippen LogP contribution in [0.15, 0.2) is 27.7 Å². The van der Waals surface area contributed by atoms with Crippen molar-refractivity contribution in [2.75, 3.05) is 12.4 Å². The molecule has 4 nitrogen and oxygen atoms in total. The van der Waals surface area contributed by atoms with Gasteiger partial charge in [-0.3, -0.25) is 4.99 Å². The SMILES string of the molecule is CN=C(N)Nc1cc(Br)ccc1C#N. The molecule has 72 valence electrons. The lowest BCUT2D eigenvalue weighted by molar-refractivity contribution is 1.37. The van der Waals surface area contributed by atoms with Crippen molar-refractivity contribution in [3.05, 3.63) is 28.2 Å². The molecule has 0 amide bonds. The number of rotatable bonds is 1. The third-order valence-electron chi connectivity index (χ3n) is 1.61. The number of nitrogens with zero attached hydrogens (tertiary/aromatic N) is 2. The van der Waals surface area contributed by atoms with Crippen molar-refractivity contribution < 1.29 is 0 Å². The molecule has 1 rings (SSSR count). The highest BCUT2D eigenvalue weighted by atomic mass is 79.9. The van der Waals surface area contributed by atoms with E-state index in [1.807, 2.05) is 0 Å². The summed E-state index contributed by atoms with van der Waals surface area (Å²) in [5.41, 5.74) is 6.66. The molecule has 0 heterocycles. The van der Waals surface area contributed by atoms with Gasteiger partial charge in [-0.1, -0.05) is 15.9 Å². The molecule has 14 heavy (non-hydrogen) atoms. The van der Waals surface area contributed by atoms with E-state index in [1.54, 1.807) is 25.2 Å². The second-order valence-electron chi connectivity index (χ2n) is 2.54. The maximum Gasteiger partial charge on any atom is 0.192 e. The molecule has 0 spiro atoms. The van der Waals surface area contributed by atoms with Crippen LogP contribution in [-0.4, -0.2) is 13.0 Å². The molecule has 0 aliphatic carbocycles. The van der Waals surface area contributed by atoms with Crippen LogP contribution in [0, 0.1) is 11.3 Å². The van der Waals surface area contributed by atoms with Gasteiger partial charge in [-0.05, 0) is 18.2 Å². The summed E-state index contributed by atoms with van der Waals surface area (Å²) in [6, 6.07) is 7.33. The van der Waals surface area contributed by atoms with Crippen LogP contribution >= 0.6 is 15.9 Å². The van der Waals surface area contributed by atoms with Gasteiger partial charge >= 0.3 is 0 Å². The lowest BCUT2D eigenvalue weighted by Gasteiger charge is -2.06. The molecular formula is C9H9BrN4. The highest BCUT2D eigenvalue weighted by molar-refractivity contribution is 9.10. The number of benzene rings is 1. The molecule has 0 saturated carbocycles. The topological polar surface area (TPSA) is 74.2 Å². The number of hydrogen-bond donors (Lipinski definition) is 2. The second-order valence-corrected chi connectivity index (χ2v) is 3.45. The van der Waals surface area contributed by atoms with E-state index in [2.05, 4.69) is 32.3 Å². The maximum atomic E-state index is 8.81. The summed E-state index contributed by atoms with van der Waals surface area (Å²) in [4.78, 5) is 3.75. The van der Waals surface area contributed by atoms with Crippen molar-refractivity contribution in [2.45, 2.75) is 0 Å². The zero-order valence-corrected chi connectivity index (χ0v) is 9.17. The van der Waals surface area contributed by atoms with Crippen molar-refractivity contribution in [1.82, 2.24) is 0 Å². The van der Waals surface area contributed by atoms with Gasteiger partial charge in [0.05, 0.1) is 11.3 Å². The first-order valence-electron chi connectivity index (χ1n) is 3.86. The number of halogens is 1. The van der Waals surface area contributed by atoms with Crippen molar-refractivity contribution in [3.63, 3.8) is 0 Å². The van der Waals surface area contributed by atoms with Gasteiger partial charge < -0.3 is 11.1 Å².